The van der Waals surface area contributed by atoms with Crippen molar-refractivity contribution in [2.24, 2.45) is 5.92 Å². The Kier molecular flexibility index (Phi) is 4.33. The van der Waals surface area contributed by atoms with Gasteiger partial charge in [-0.05, 0) is 32.0 Å². The maximum Gasteiger partial charge on any atom is 0.308 e. The zero-order valence-electron chi connectivity index (χ0n) is 11.4. The molecule has 0 radical (unpaired) electrons. The van der Waals surface area contributed by atoms with Gasteiger partial charge in [0.05, 0.1) is 5.92 Å². The lowest BCUT2D eigenvalue weighted by molar-refractivity contribution is -0.143. The van der Waals surface area contributed by atoms with E-state index in [2.05, 4.69) is 4.72 Å². The fraction of sp³-hybridized carbons (Fsp3) is 0.500. The van der Waals surface area contributed by atoms with Gasteiger partial charge in [0.15, 0.2) is 5.76 Å². The Morgan fingerprint density at radius 2 is 2.14 bits per heavy atom. The Morgan fingerprint density at radius 1 is 1.43 bits per heavy atom. The van der Waals surface area contributed by atoms with Crippen LogP contribution in [0.15, 0.2) is 21.6 Å². The molecule has 1 fully saturated rings. The van der Waals surface area contributed by atoms with Crippen molar-refractivity contribution < 1.29 is 27.5 Å². The molecule has 2 N–H and O–H groups in total. The average molecular weight is 316 g/mol. The van der Waals surface area contributed by atoms with Gasteiger partial charge < -0.3 is 14.4 Å². The third kappa shape index (κ3) is 3.24. The van der Waals surface area contributed by atoms with E-state index >= 15 is 0 Å². The molecule has 1 aromatic rings. The lowest BCUT2D eigenvalue weighted by atomic mass is 9.98. The van der Waals surface area contributed by atoms with Crippen molar-refractivity contribution in [1.29, 1.82) is 0 Å². The topological polar surface area (TPSA) is 117 Å². The van der Waals surface area contributed by atoms with Crippen LogP contribution in [0.3, 0.4) is 0 Å². The quantitative estimate of drug-likeness (QED) is 0.815. The summed E-state index contributed by atoms with van der Waals surface area (Å²) in [6, 6.07) is 2.47. The van der Waals surface area contributed by atoms with Gasteiger partial charge in [0.1, 0.15) is 0 Å². The van der Waals surface area contributed by atoms with Gasteiger partial charge in [0, 0.05) is 13.1 Å². The van der Waals surface area contributed by atoms with Gasteiger partial charge in [-0.3, -0.25) is 9.59 Å². The number of carbonyl (C=O) groups is 2. The normalized spacial score (nSPS) is 19.5. The fourth-order valence-corrected chi connectivity index (χ4v) is 2.85. The van der Waals surface area contributed by atoms with Crippen LogP contribution in [0.2, 0.25) is 0 Å². The van der Waals surface area contributed by atoms with Gasteiger partial charge in [0.2, 0.25) is 5.09 Å². The van der Waals surface area contributed by atoms with Crippen molar-refractivity contribution in [2.45, 2.75) is 17.9 Å². The molecule has 2 heterocycles. The predicted octanol–water partition coefficient (Wildman–Crippen LogP) is 0.124. The summed E-state index contributed by atoms with van der Waals surface area (Å²) in [6.07, 6.45) is 1.11. The monoisotopic (exact) mass is 316 g/mol. The first-order chi connectivity index (χ1) is 9.85. The first-order valence-corrected chi connectivity index (χ1v) is 7.89. The number of carboxylic acid groups (broad SMARTS) is 1. The van der Waals surface area contributed by atoms with E-state index in [0.29, 0.717) is 19.4 Å². The maximum atomic E-state index is 12.2. The largest absolute Gasteiger partial charge is 0.481 e. The van der Waals surface area contributed by atoms with Gasteiger partial charge in [-0.15, -0.1) is 0 Å². The number of furan rings is 1. The van der Waals surface area contributed by atoms with E-state index in [1.807, 2.05) is 0 Å². The highest BCUT2D eigenvalue weighted by Gasteiger charge is 2.30. The van der Waals surface area contributed by atoms with Crippen LogP contribution in [-0.4, -0.2) is 50.4 Å². The van der Waals surface area contributed by atoms with Gasteiger partial charge in [-0.25, -0.2) is 13.1 Å². The summed E-state index contributed by atoms with van der Waals surface area (Å²) < 4.78 is 30.2. The van der Waals surface area contributed by atoms with Crippen LogP contribution in [0.5, 0.6) is 0 Å². The molecule has 2 rings (SSSR count). The fourth-order valence-electron chi connectivity index (χ4n) is 2.20. The number of nitrogens with one attached hydrogen (secondary N) is 1. The number of hydrogen-bond donors (Lipinski definition) is 2. The number of aliphatic carboxylic acids is 1. The third-order valence-electron chi connectivity index (χ3n) is 3.38. The molecule has 116 valence electrons. The van der Waals surface area contributed by atoms with Gasteiger partial charge >= 0.3 is 5.97 Å². The van der Waals surface area contributed by atoms with Crippen LogP contribution in [-0.2, 0) is 14.8 Å². The van der Waals surface area contributed by atoms with E-state index in [4.69, 9.17) is 9.52 Å². The molecule has 0 saturated carbocycles. The lowest BCUT2D eigenvalue weighted by Crippen LogP contribution is -2.42. The lowest BCUT2D eigenvalue weighted by Gasteiger charge is -2.29. The molecular weight excluding hydrogens is 300 g/mol. The highest BCUT2D eigenvalue weighted by molar-refractivity contribution is 7.89. The van der Waals surface area contributed by atoms with E-state index in [-0.39, 0.29) is 17.4 Å². The van der Waals surface area contributed by atoms with E-state index < -0.39 is 27.8 Å². The summed E-state index contributed by atoms with van der Waals surface area (Å²) in [5, 5.41) is 8.66. The molecule has 1 aromatic heterocycles. The minimum Gasteiger partial charge on any atom is -0.481 e. The molecule has 1 atom stereocenters. The van der Waals surface area contributed by atoms with Crippen molar-refractivity contribution in [2.75, 3.05) is 20.1 Å². The Bertz CT molecular complexity index is 650. The van der Waals surface area contributed by atoms with Crippen molar-refractivity contribution in [1.82, 2.24) is 9.62 Å². The number of hydrogen-bond acceptors (Lipinski definition) is 5. The second kappa shape index (κ2) is 5.86. The van der Waals surface area contributed by atoms with Crippen molar-refractivity contribution >= 4 is 21.9 Å². The van der Waals surface area contributed by atoms with Crippen LogP contribution < -0.4 is 4.72 Å². The van der Waals surface area contributed by atoms with Crippen LogP contribution >= 0.6 is 0 Å². The molecule has 0 aliphatic carbocycles. The first kappa shape index (κ1) is 15.5. The zero-order valence-corrected chi connectivity index (χ0v) is 12.2. The van der Waals surface area contributed by atoms with Crippen LogP contribution in [0.25, 0.3) is 0 Å². The standard InChI is InChI=1S/C12H16N2O6S/c1-13-21(18,19)10-5-4-9(20-10)11(15)14-6-2-3-8(7-14)12(16)17/h4-5,8,13H,2-3,6-7H2,1H3,(H,16,17)/t8-/m0/s1. The number of sulfonamides is 1. The number of nitrogens with zero attached hydrogens (tertiary/aromatic N) is 1. The SMILES string of the molecule is CNS(=O)(=O)c1ccc(C(=O)N2CCC[C@H](C(=O)O)C2)o1. The predicted molar refractivity (Wildman–Crippen MR) is 71.2 cm³/mol. The van der Waals surface area contributed by atoms with E-state index in [9.17, 15) is 18.0 Å². The summed E-state index contributed by atoms with van der Waals surface area (Å²) in [5.74, 6) is -2.16. The molecule has 1 aliphatic heterocycles. The third-order valence-corrected chi connectivity index (χ3v) is 4.67. The second-order valence-corrected chi connectivity index (χ2v) is 6.57. The number of carbonyl (C=O) groups excluding carboxylic acids is 1. The molecule has 8 nitrogen and oxygen atoms in total. The maximum absolute atomic E-state index is 12.2. The van der Waals surface area contributed by atoms with Crippen molar-refractivity contribution in [3.05, 3.63) is 17.9 Å². The summed E-state index contributed by atoms with van der Waals surface area (Å²) in [4.78, 5) is 24.6. The number of rotatable bonds is 4. The molecule has 1 amide bonds. The van der Waals surface area contributed by atoms with Crippen molar-refractivity contribution in [3.63, 3.8) is 0 Å². The van der Waals surface area contributed by atoms with Crippen LogP contribution in [0.4, 0.5) is 0 Å². The summed E-state index contributed by atoms with van der Waals surface area (Å²) in [7, 11) is -2.51. The molecule has 21 heavy (non-hydrogen) atoms. The Morgan fingerprint density at radius 3 is 2.76 bits per heavy atom. The number of amides is 1. The van der Waals surface area contributed by atoms with E-state index in [1.54, 1.807) is 0 Å². The molecule has 1 saturated heterocycles. The van der Waals surface area contributed by atoms with Crippen molar-refractivity contribution in [3.8, 4) is 0 Å². The average Bonchev–Trinajstić information content (AvgIpc) is 2.97. The van der Waals surface area contributed by atoms with Crippen LogP contribution in [0.1, 0.15) is 23.4 Å². The molecular formula is C12H16N2O6S. The Balaban J connectivity index is 2.15. The molecule has 1 aliphatic rings. The number of carboxylic acids is 1. The Hall–Kier alpha value is -1.87. The van der Waals surface area contributed by atoms with E-state index in [0.717, 1.165) is 0 Å². The molecule has 0 spiro atoms. The van der Waals surface area contributed by atoms with E-state index in [1.165, 1.54) is 24.1 Å². The molecule has 0 aromatic carbocycles. The Labute approximate surface area is 121 Å². The second-order valence-electron chi connectivity index (χ2n) is 4.75. The molecule has 0 bridgehead atoms. The van der Waals surface area contributed by atoms with Crippen LogP contribution in [0, 0.1) is 5.92 Å². The first-order valence-electron chi connectivity index (χ1n) is 6.40. The number of piperidine rings is 1. The highest BCUT2D eigenvalue weighted by atomic mass is 32.2. The summed E-state index contributed by atoms with van der Waals surface area (Å²) in [6.45, 7) is 0.528. The minimum absolute atomic E-state index is 0.100. The zero-order chi connectivity index (χ0) is 15.6. The molecule has 0 unspecified atom stereocenters. The highest BCUT2D eigenvalue weighted by Crippen LogP contribution is 2.21. The van der Waals surface area contributed by atoms with Gasteiger partial charge in [0.25, 0.3) is 15.9 Å². The summed E-state index contributed by atoms with van der Waals surface area (Å²) in [5.41, 5.74) is 0. The van der Waals surface area contributed by atoms with Gasteiger partial charge in [-0.2, -0.15) is 0 Å². The number of likely N-dealkylation sites (tertiary alicyclic amines) is 1. The molecule has 9 heteroatoms. The smallest absolute Gasteiger partial charge is 0.308 e. The minimum atomic E-state index is -3.75. The van der Waals surface area contributed by atoms with Gasteiger partial charge in [-0.1, -0.05) is 0 Å². The summed E-state index contributed by atoms with van der Waals surface area (Å²) >= 11 is 0.